The van der Waals surface area contributed by atoms with Gasteiger partial charge in [-0.05, 0) is 25.0 Å². The first kappa shape index (κ1) is 13.8. The number of rotatable bonds is 2. The molecule has 3 nitrogen and oxygen atoms in total. The van der Waals surface area contributed by atoms with Crippen LogP contribution in [0.2, 0.25) is 10.0 Å². The lowest BCUT2D eigenvalue weighted by molar-refractivity contribution is 0.635. The molecule has 1 aliphatic rings. The van der Waals surface area contributed by atoms with Gasteiger partial charge in [-0.3, -0.25) is 0 Å². The van der Waals surface area contributed by atoms with Crippen molar-refractivity contribution in [1.82, 2.24) is 9.55 Å². The Hall–Kier alpha value is -1.19. The molecule has 1 fully saturated rings. The highest BCUT2D eigenvalue weighted by Crippen LogP contribution is 2.40. The van der Waals surface area contributed by atoms with Gasteiger partial charge in [-0.25, -0.2) is 4.98 Å². The Morgan fingerprint density at radius 2 is 1.80 bits per heavy atom. The lowest BCUT2D eigenvalue weighted by atomic mass is 10.1. The van der Waals surface area contributed by atoms with Crippen LogP contribution in [0.25, 0.3) is 11.3 Å². The predicted molar refractivity (Wildman–Crippen MR) is 84.3 cm³/mol. The van der Waals surface area contributed by atoms with Crippen LogP contribution >= 0.6 is 23.2 Å². The van der Waals surface area contributed by atoms with E-state index < -0.39 is 0 Å². The van der Waals surface area contributed by atoms with Crippen molar-refractivity contribution >= 4 is 29.0 Å². The van der Waals surface area contributed by atoms with Crippen molar-refractivity contribution in [3.05, 3.63) is 34.1 Å². The SMILES string of the molecule is Cn1c(C2CCCC2)nc(-c2c(Cl)cccc2Cl)c1N. The van der Waals surface area contributed by atoms with Gasteiger partial charge in [0.1, 0.15) is 17.3 Å². The van der Waals surface area contributed by atoms with Crippen molar-refractivity contribution in [2.45, 2.75) is 31.6 Å². The van der Waals surface area contributed by atoms with Crippen LogP contribution in [0.15, 0.2) is 18.2 Å². The molecule has 0 bridgehead atoms. The third-order valence-corrected chi connectivity index (χ3v) is 4.72. The Morgan fingerprint density at radius 3 is 2.40 bits per heavy atom. The first-order valence-electron chi connectivity index (χ1n) is 6.86. The Bertz CT molecular complexity index is 623. The summed E-state index contributed by atoms with van der Waals surface area (Å²) in [6, 6.07) is 5.45. The van der Waals surface area contributed by atoms with Gasteiger partial charge in [0.2, 0.25) is 0 Å². The monoisotopic (exact) mass is 309 g/mol. The first-order valence-corrected chi connectivity index (χ1v) is 7.61. The number of nitrogens with zero attached hydrogens (tertiary/aromatic N) is 2. The van der Waals surface area contributed by atoms with E-state index in [4.69, 9.17) is 33.9 Å². The third kappa shape index (κ3) is 2.19. The van der Waals surface area contributed by atoms with Gasteiger partial charge < -0.3 is 10.3 Å². The van der Waals surface area contributed by atoms with Gasteiger partial charge in [-0.1, -0.05) is 42.1 Å². The Balaban J connectivity index is 2.13. The van der Waals surface area contributed by atoms with Crippen LogP contribution in [0, 0.1) is 0 Å². The van der Waals surface area contributed by atoms with Crippen molar-refractivity contribution in [2.75, 3.05) is 5.73 Å². The Morgan fingerprint density at radius 1 is 1.20 bits per heavy atom. The van der Waals surface area contributed by atoms with Crippen LogP contribution in [0.3, 0.4) is 0 Å². The molecule has 1 saturated carbocycles. The van der Waals surface area contributed by atoms with Gasteiger partial charge in [-0.2, -0.15) is 0 Å². The molecule has 0 spiro atoms. The molecule has 2 aromatic rings. The topological polar surface area (TPSA) is 43.8 Å². The molecule has 2 N–H and O–H groups in total. The van der Waals surface area contributed by atoms with Crippen LogP contribution in [0.4, 0.5) is 5.82 Å². The molecule has 0 amide bonds. The number of nitrogens with two attached hydrogens (primary N) is 1. The summed E-state index contributed by atoms with van der Waals surface area (Å²) in [5, 5.41) is 1.17. The molecule has 106 valence electrons. The first-order chi connectivity index (χ1) is 9.59. The van der Waals surface area contributed by atoms with E-state index >= 15 is 0 Å². The van der Waals surface area contributed by atoms with Crippen molar-refractivity contribution in [3.63, 3.8) is 0 Å². The Kier molecular flexibility index (Phi) is 3.65. The minimum Gasteiger partial charge on any atom is -0.383 e. The molecule has 0 saturated heterocycles. The molecule has 1 aliphatic carbocycles. The number of benzene rings is 1. The summed E-state index contributed by atoms with van der Waals surface area (Å²) < 4.78 is 1.98. The van der Waals surface area contributed by atoms with E-state index in [-0.39, 0.29) is 0 Å². The zero-order chi connectivity index (χ0) is 14.3. The molecular formula is C15H17Cl2N3. The van der Waals surface area contributed by atoms with Gasteiger partial charge in [0.05, 0.1) is 10.0 Å². The minimum absolute atomic E-state index is 0.498. The molecule has 1 aromatic heterocycles. The van der Waals surface area contributed by atoms with E-state index in [1.165, 1.54) is 25.7 Å². The van der Waals surface area contributed by atoms with E-state index in [0.29, 0.717) is 27.5 Å². The Labute approximate surface area is 128 Å². The molecule has 1 aromatic carbocycles. The fraction of sp³-hybridized carbons (Fsp3) is 0.400. The van der Waals surface area contributed by atoms with Crippen LogP contribution in [-0.2, 0) is 7.05 Å². The highest BCUT2D eigenvalue weighted by Gasteiger charge is 2.25. The number of aromatic nitrogens is 2. The smallest absolute Gasteiger partial charge is 0.131 e. The molecule has 0 atom stereocenters. The van der Waals surface area contributed by atoms with E-state index in [0.717, 1.165) is 11.4 Å². The second kappa shape index (κ2) is 5.30. The van der Waals surface area contributed by atoms with Crippen molar-refractivity contribution in [2.24, 2.45) is 7.05 Å². The molecule has 5 heteroatoms. The largest absolute Gasteiger partial charge is 0.383 e. The quantitative estimate of drug-likeness (QED) is 0.878. The van der Waals surface area contributed by atoms with E-state index in [1.54, 1.807) is 0 Å². The van der Waals surface area contributed by atoms with Crippen LogP contribution in [-0.4, -0.2) is 9.55 Å². The second-order valence-electron chi connectivity index (χ2n) is 5.34. The number of nitrogen functional groups attached to an aromatic ring is 1. The predicted octanol–water partition coefficient (Wildman–Crippen LogP) is 4.63. The minimum atomic E-state index is 0.498. The lowest BCUT2D eigenvalue weighted by Crippen LogP contribution is -2.05. The fourth-order valence-corrected chi connectivity index (χ4v) is 3.56. The molecule has 0 radical (unpaired) electrons. The highest BCUT2D eigenvalue weighted by atomic mass is 35.5. The summed E-state index contributed by atoms with van der Waals surface area (Å²) in [7, 11) is 1.96. The zero-order valence-electron chi connectivity index (χ0n) is 11.4. The highest BCUT2D eigenvalue weighted by molar-refractivity contribution is 6.39. The van der Waals surface area contributed by atoms with Crippen LogP contribution in [0.1, 0.15) is 37.4 Å². The maximum Gasteiger partial charge on any atom is 0.131 e. The van der Waals surface area contributed by atoms with Crippen molar-refractivity contribution in [1.29, 1.82) is 0 Å². The average Bonchev–Trinajstić information content (AvgIpc) is 3.02. The van der Waals surface area contributed by atoms with E-state index in [9.17, 15) is 0 Å². The normalized spacial score (nSPS) is 15.9. The molecule has 3 rings (SSSR count). The molecule has 20 heavy (non-hydrogen) atoms. The van der Waals surface area contributed by atoms with Crippen molar-refractivity contribution < 1.29 is 0 Å². The molecule has 0 aliphatic heterocycles. The zero-order valence-corrected chi connectivity index (χ0v) is 12.9. The number of hydrogen-bond donors (Lipinski definition) is 1. The number of halogens is 2. The molecule has 0 unspecified atom stereocenters. The van der Waals surface area contributed by atoms with Gasteiger partial charge in [0.25, 0.3) is 0 Å². The van der Waals surface area contributed by atoms with Gasteiger partial charge >= 0.3 is 0 Å². The maximum atomic E-state index is 6.27. The summed E-state index contributed by atoms with van der Waals surface area (Å²) in [5.74, 6) is 2.17. The number of hydrogen-bond acceptors (Lipinski definition) is 2. The van der Waals surface area contributed by atoms with Gasteiger partial charge in [-0.15, -0.1) is 0 Å². The maximum absolute atomic E-state index is 6.27. The summed E-state index contributed by atoms with van der Waals surface area (Å²) in [6.07, 6.45) is 4.89. The summed E-state index contributed by atoms with van der Waals surface area (Å²) in [6.45, 7) is 0. The second-order valence-corrected chi connectivity index (χ2v) is 6.16. The summed E-state index contributed by atoms with van der Waals surface area (Å²) >= 11 is 12.5. The van der Waals surface area contributed by atoms with Gasteiger partial charge in [0, 0.05) is 18.5 Å². The standard InChI is InChI=1S/C15H17Cl2N3/c1-20-14(18)13(12-10(16)7-4-8-11(12)17)19-15(20)9-5-2-3-6-9/h4,7-9H,2-3,5-6,18H2,1H3. The fourth-order valence-electron chi connectivity index (χ4n) is 2.99. The van der Waals surface area contributed by atoms with Crippen LogP contribution < -0.4 is 5.73 Å². The molecular weight excluding hydrogens is 293 g/mol. The van der Waals surface area contributed by atoms with Crippen LogP contribution in [0.5, 0.6) is 0 Å². The average molecular weight is 310 g/mol. The van der Waals surface area contributed by atoms with E-state index in [1.807, 2.05) is 29.8 Å². The summed E-state index contributed by atoms with van der Waals surface area (Å²) in [4.78, 5) is 4.75. The van der Waals surface area contributed by atoms with E-state index in [2.05, 4.69) is 0 Å². The summed E-state index contributed by atoms with van der Waals surface area (Å²) in [5.41, 5.74) is 7.65. The van der Waals surface area contributed by atoms with Crippen molar-refractivity contribution in [3.8, 4) is 11.3 Å². The number of anilines is 1. The molecule has 1 heterocycles. The lowest BCUT2D eigenvalue weighted by Gasteiger charge is -2.08. The third-order valence-electron chi connectivity index (χ3n) is 4.09. The van der Waals surface area contributed by atoms with Gasteiger partial charge in [0.15, 0.2) is 0 Å². The number of imidazole rings is 1.